The number of rotatable bonds is 5. The van der Waals surface area contributed by atoms with Crippen LogP contribution in [0.1, 0.15) is 41.0 Å². The van der Waals surface area contributed by atoms with E-state index in [-0.39, 0.29) is 24.6 Å². The summed E-state index contributed by atoms with van der Waals surface area (Å²) in [4.78, 5) is 0. The summed E-state index contributed by atoms with van der Waals surface area (Å²) < 4.78 is 17.3. The fourth-order valence-corrected chi connectivity index (χ4v) is 1.51. The average molecular weight is 240 g/mol. The average Bonchev–Trinajstić information content (AvgIpc) is 2.26. The molecule has 0 spiro atoms. The lowest BCUT2D eigenvalue weighted by Gasteiger charge is -2.35. The summed E-state index contributed by atoms with van der Waals surface area (Å²) in [5.74, 6) is 0. The standard InChI is InChI=1S/C12H26B2O3/c1-7-11(2,3)8-15-13(6)14-16-9-12(4,5)10-17-14/h7-10H2,1-6H3. The van der Waals surface area contributed by atoms with E-state index < -0.39 is 0 Å². The fourth-order valence-electron chi connectivity index (χ4n) is 1.51. The van der Waals surface area contributed by atoms with E-state index >= 15 is 0 Å². The SMILES string of the molecule is CCC(C)(C)COB(C)B1OCC(C)(C)CO1. The minimum Gasteiger partial charge on any atom is -0.436 e. The molecule has 0 saturated carbocycles. The maximum atomic E-state index is 5.86. The molecule has 17 heavy (non-hydrogen) atoms. The largest absolute Gasteiger partial charge is 0.445 e. The molecule has 1 aliphatic rings. The Morgan fingerprint density at radius 2 is 1.82 bits per heavy atom. The van der Waals surface area contributed by atoms with Crippen molar-refractivity contribution in [1.82, 2.24) is 0 Å². The summed E-state index contributed by atoms with van der Waals surface area (Å²) in [5, 5.41) is 0. The lowest BCUT2D eigenvalue weighted by molar-refractivity contribution is 0.0337. The van der Waals surface area contributed by atoms with Crippen molar-refractivity contribution in [3.63, 3.8) is 0 Å². The zero-order chi connectivity index (χ0) is 13.1. The zero-order valence-electron chi connectivity index (χ0n) is 12.2. The molecule has 0 aromatic rings. The molecule has 1 rings (SSSR count). The van der Waals surface area contributed by atoms with E-state index in [1.807, 2.05) is 6.82 Å². The Balaban J connectivity index is 2.32. The second-order valence-electron chi connectivity index (χ2n) is 6.69. The molecule has 0 unspecified atom stereocenters. The first-order chi connectivity index (χ1) is 7.76. The molecule has 98 valence electrons. The van der Waals surface area contributed by atoms with E-state index in [1.165, 1.54) is 0 Å². The van der Waals surface area contributed by atoms with Crippen LogP contribution in [0.15, 0.2) is 0 Å². The van der Waals surface area contributed by atoms with E-state index in [1.54, 1.807) is 0 Å². The van der Waals surface area contributed by atoms with Gasteiger partial charge in [0.15, 0.2) is 0 Å². The monoisotopic (exact) mass is 240 g/mol. The van der Waals surface area contributed by atoms with E-state index in [4.69, 9.17) is 14.0 Å². The van der Waals surface area contributed by atoms with Gasteiger partial charge < -0.3 is 14.0 Å². The Kier molecular flexibility index (Phi) is 5.11. The highest BCUT2D eigenvalue weighted by Gasteiger charge is 2.39. The smallest absolute Gasteiger partial charge is 0.436 e. The summed E-state index contributed by atoms with van der Waals surface area (Å²) in [5.41, 5.74) is 0.348. The van der Waals surface area contributed by atoms with Gasteiger partial charge in [0.25, 0.3) is 0 Å². The molecular formula is C12H26B2O3. The number of hydrogen-bond acceptors (Lipinski definition) is 3. The molecule has 0 N–H and O–H groups in total. The van der Waals surface area contributed by atoms with Crippen LogP contribution in [0.4, 0.5) is 0 Å². The summed E-state index contributed by atoms with van der Waals surface area (Å²) in [6.07, 6.45) is 1.11. The highest BCUT2D eigenvalue weighted by atomic mass is 16.6. The van der Waals surface area contributed by atoms with Crippen LogP contribution >= 0.6 is 0 Å². The Labute approximate surface area is 107 Å². The van der Waals surface area contributed by atoms with Gasteiger partial charge in [-0.15, -0.1) is 0 Å². The van der Waals surface area contributed by atoms with Gasteiger partial charge in [-0.1, -0.05) is 41.4 Å². The molecule has 0 radical (unpaired) electrons. The maximum absolute atomic E-state index is 5.86. The molecule has 5 heteroatoms. The molecule has 0 atom stereocenters. The highest BCUT2D eigenvalue weighted by Crippen LogP contribution is 2.24. The summed E-state index contributed by atoms with van der Waals surface area (Å²) >= 11 is 0. The van der Waals surface area contributed by atoms with E-state index in [9.17, 15) is 0 Å². The summed E-state index contributed by atoms with van der Waals surface area (Å²) in [6.45, 7) is 15.2. The third kappa shape index (κ3) is 5.02. The second kappa shape index (κ2) is 5.77. The van der Waals surface area contributed by atoms with Crippen molar-refractivity contribution >= 4 is 13.8 Å². The maximum Gasteiger partial charge on any atom is 0.445 e. The minimum absolute atomic E-state index is 0.00285. The van der Waals surface area contributed by atoms with Crippen LogP contribution in [-0.4, -0.2) is 33.6 Å². The van der Waals surface area contributed by atoms with Crippen molar-refractivity contribution in [1.29, 1.82) is 0 Å². The second-order valence-corrected chi connectivity index (χ2v) is 6.69. The van der Waals surface area contributed by atoms with Crippen LogP contribution in [0.3, 0.4) is 0 Å². The molecule has 1 heterocycles. The predicted octanol–water partition coefficient (Wildman–Crippen LogP) is 2.70. The Hall–Kier alpha value is 0.00987. The van der Waals surface area contributed by atoms with Gasteiger partial charge >= 0.3 is 13.8 Å². The minimum atomic E-state index is -0.212. The molecule has 0 aliphatic carbocycles. The summed E-state index contributed by atoms with van der Waals surface area (Å²) in [7, 11) is -0.212. The Morgan fingerprint density at radius 3 is 2.29 bits per heavy atom. The van der Waals surface area contributed by atoms with Crippen molar-refractivity contribution in [2.45, 2.75) is 47.9 Å². The van der Waals surface area contributed by atoms with Gasteiger partial charge in [-0.25, -0.2) is 0 Å². The molecule has 1 fully saturated rings. The first-order valence-corrected chi connectivity index (χ1v) is 6.61. The van der Waals surface area contributed by atoms with Gasteiger partial charge in [0.2, 0.25) is 0 Å². The highest BCUT2D eigenvalue weighted by molar-refractivity contribution is 7.13. The van der Waals surface area contributed by atoms with Crippen LogP contribution in [0.2, 0.25) is 6.82 Å². The molecule has 0 aromatic heterocycles. The van der Waals surface area contributed by atoms with E-state index in [0.29, 0.717) is 0 Å². The van der Waals surface area contributed by atoms with E-state index in [0.717, 1.165) is 26.2 Å². The van der Waals surface area contributed by atoms with Gasteiger partial charge in [0.1, 0.15) is 0 Å². The topological polar surface area (TPSA) is 27.7 Å². The molecule has 0 amide bonds. The number of hydrogen-bond donors (Lipinski definition) is 0. The third-order valence-corrected chi connectivity index (χ3v) is 3.35. The lowest BCUT2D eigenvalue weighted by atomic mass is 9.37. The van der Waals surface area contributed by atoms with Crippen LogP contribution in [0.5, 0.6) is 0 Å². The molecule has 1 aliphatic heterocycles. The fraction of sp³-hybridized carbons (Fsp3) is 1.00. The lowest BCUT2D eigenvalue weighted by Crippen LogP contribution is -2.50. The molecule has 3 nitrogen and oxygen atoms in total. The van der Waals surface area contributed by atoms with Crippen molar-refractivity contribution < 1.29 is 14.0 Å². The molecule has 0 bridgehead atoms. The van der Waals surface area contributed by atoms with Crippen LogP contribution in [0, 0.1) is 10.8 Å². The van der Waals surface area contributed by atoms with Gasteiger partial charge in [-0.05, 0) is 11.8 Å². The van der Waals surface area contributed by atoms with Crippen LogP contribution in [-0.2, 0) is 14.0 Å². The third-order valence-electron chi connectivity index (χ3n) is 3.35. The molecule has 0 aromatic carbocycles. The predicted molar refractivity (Wildman–Crippen MR) is 73.1 cm³/mol. The normalized spacial score (nSPS) is 20.5. The van der Waals surface area contributed by atoms with Gasteiger partial charge in [0, 0.05) is 25.2 Å². The Morgan fingerprint density at radius 1 is 1.29 bits per heavy atom. The summed E-state index contributed by atoms with van der Waals surface area (Å²) in [6, 6.07) is 0. The van der Waals surface area contributed by atoms with Gasteiger partial charge in [0.05, 0.1) is 0 Å². The van der Waals surface area contributed by atoms with Crippen LogP contribution in [0.25, 0.3) is 0 Å². The van der Waals surface area contributed by atoms with Gasteiger partial charge in [-0.3, -0.25) is 0 Å². The first-order valence-electron chi connectivity index (χ1n) is 6.61. The molecular weight excluding hydrogens is 214 g/mol. The van der Waals surface area contributed by atoms with E-state index in [2.05, 4.69) is 34.6 Å². The quantitative estimate of drug-likeness (QED) is 0.691. The van der Waals surface area contributed by atoms with Crippen molar-refractivity contribution in [3.8, 4) is 0 Å². The Bertz CT molecular complexity index is 234. The van der Waals surface area contributed by atoms with Crippen molar-refractivity contribution in [3.05, 3.63) is 0 Å². The first kappa shape index (κ1) is 15.1. The van der Waals surface area contributed by atoms with Crippen molar-refractivity contribution in [2.75, 3.05) is 19.8 Å². The van der Waals surface area contributed by atoms with Crippen molar-refractivity contribution in [2.24, 2.45) is 10.8 Å². The van der Waals surface area contributed by atoms with Crippen LogP contribution < -0.4 is 0 Å². The molecule has 1 saturated heterocycles. The van der Waals surface area contributed by atoms with Gasteiger partial charge in [-0.2, -0.15) is 0 Å². The zero-order valence-corrected chi connectivity index (χ0v) is 12.2.